The zero-order chi connectivity index (χ0) is 24.1. The minimum atomic E-state index is -0.797. The minimum Gasteiger partial charge on any atom is -0.484 e. The molecule has 0 aromatic heterocycles. The highest BCUT2D eigenvalue weighted by atomic mass is 35.5. The van der Waals surface area contributed by atoms with E-state index in [0.717, 1.165) is 18.9 Å². The number of hydrogen-bond donors (Lipinski definition) is 1. The Morgan fingerprint density at radius 3 is 2.71 bits per heavy atom. The molecule has 2 bridgehead atoms. The molecule has 6 nitrogen and oxygen atoms in total. The monoisotopic (exact) mass is 505 g/mol. The van der Waals surface area contributed by atoms with E-state index in [1.165, 1.54) is 12.1 Å². The summed E-state index contributed by atoms with van der Waals surface area (Å²) in [5.41, 5.74) is -0.125. The average Bonchev–Trinajstić information content (AvgIpc) is 3.29. The first kappa shape index (κ1) is 23.1. The Bertz CT molecular complexity index is 1190. The van der Waals surface area contributed by atoms with Gasteiger partial charge in [-0.3, -0.25) is 14.4 Å². The summed E-state index contributed by atoms with van der Waals surface area (Å²) in [6, 6.07) is 8.81. The van der Waals surface area contributed by atoms with Crippen LogP contribution in [-0.4, -0.2) is 35.7 Å². The molecule has 2 aromatic rings. The summed E-state index contributed by atoms with van der Waals surface area (Å²) in [6.07, 6.45) is 2.50. The van der Waals surface area contributed by atoms with Gasteiger partial charge in [0.2, 0.25) is 0 Å². The van der Waals surface area contributed by atoms with Crippen molar-refractivity contribution < 1.29 is 28.2 Å². The first-order valence-corrected chi connectivity index (χ1v) is 11.8. The molecule has 1 atom stereocenters. The van der Waals surface area contributed by atoms with Gasteiger partial charge in [0.05, 0.1) is 17.0 Å². The molecule has 1 amide bonds. The third-order valence-electron chi connectivity index (χ3n) is 7.02. The summed E-state index contributed by atoms with van der Waals surface area (Å²) < 4.78 is 24.7. The van der Waals surface area contributed by atoms with Crippen LogP contribution < -0.4 is 14.8 Å². The Labute approximate surface area is 205 Å². The molecule has 6 rings (SSSR count). The molecule has 9 heteroatoms. The molecular formula is C25H22Cl2FNO5. The van der Waals surface area contributed by atoms with Crippen molar-refractivity contribution in [2.24, 2.45) is 5.41 Å². The fraction of sp³-hybridized carbons (Fsp3) is 0.400. The molecule has 3 saturated carbocycles. The van der Waals surface area contributed by atoms with Gasteiger partial charge in [-0.25, -0.2) is 4.39 Å². The number of halogens is 3. The van der Waals surface area contributed by atoms with Crippen LogP contribution in [0.1, 0.15) is 48.9 Å². The first-order valence-electron chi connectivity index (χ1n) is 11.1. The number of Topliss-reactive ketones (excluding diaryl/α,β-unsaturated/α-hetero) is 2. The quantitative estimate of drug-likeness (QED) is 0.576. The van der Waals surface area contributed by atoms with Crippen molar-refractivity contribution >= 4 is 40.7 Å². The van der Waals surface area contributed by atoms with Crippen molar-refractivity contribution in [1.82, 2.24) is 5.32 Å². The molecule has 1 heterocycles. The molecule has 3 aliphatic carbocycles. The standard InChI is InChI=1S/C25H22Cl2FNO5/c26-14-1-4-21-16(7-14)19(30)9-22(34-21)20(31)10-24-5-6-25(12-24,13-24)29-23(32)11-33-15-2-3-17(27)18(28)8-15/h1-4,7-8,22H,5-6,9-13H2,(H,29,32). The van der Waals surface area contributed by atoms with Gasteiger partial charge in [0, 0.05) is 23.0 Å². The lowest BCUT2D eigenvalue weighted by Gasteiger charge is -2.48. The van der Waals surface area contributed by atoms with E-state index < -0.39 is 11.9 Å². The molecule has 0 saturated heterocycles. The van der Waals surface area contributed by atoms with Gasteiger partial charge in [-0.15, -0.1) is 0 Å². The third-order valence-corrected chi connectivity index (χ3v) is 7.56. The van der Waals surface area contributed by atoms with E-state index in [1.807, 2.05) is 0 Å². The largest absolute Gasteiger partial charge is 0.484 e. The smallest absolute Gasteiger partial charge is 0.258 e. The number of nitrogens with one attached hydrogen (secondary N) is 1. The lowest BCUT2D eigenvalue weighted by atomic mass is 9.62. The van der Waals surface area contributed by atoms with Gasteiger partial charge in [-0.2, -0.15) is 0 Å². The molecule has 1 N–H and O–H groups in total. The zero-order valence-corrected chi connectivity index (χ0v) is 19.7. The van der Waals surface area contributed by atoms with E-state index in [9.17, 15) is 18.8 Å². The number of benzene rings is 2. The van der Waals surface area contributed by atoms with Gasteiger partial charge >= 0.3 is 0 Å². The SMILES string of the molecule is O=C(COc1ccc(Cl)c(F)c1)NC12CCC(CC(=O)C3CC(=O)c4cc(Cl)ccc4O3)(C1)C2. The van der Waals surface area contributed by atoms with Crippen LogP contribution in [0.2, 0.25) is 10.0 Å². The molecular weight excluding hydrogens is 484 g/mol. The van der Waals surface area contributed by atoms with Gasteiger partial charge in [-0.05, 0) is 61.4 Å². The zero-order valence-electron chi connectivity index (χ0n) is 18.2. The maximum Gasteiger partial charge on any atom is 0.258 e. The fourth-order valence-corrected chi connectivity index (χ4v) is 5.90. The number of hydrogen-bond acceptors (Lipinski definition) is 5. The Kier molecular flexibility index (Phi) is 5.81. The lowest BCUT2D eigenvalue weighted by Crippen LogP contribution is -2.57. The maximum absolute atomic E-state index is 13.5. The summed E-state index contributed by atoms with van der Waals surface area (Å²) in [7, 11) is 0. The highest BCUT2D eigenvalue weighted by Gasteiger charge is 2.62. The number of amides is 1. The predicted octanol–water partition coefficient (Wildman–Crippen LogP) is 4.93. The molecule has 2 aromatic carbocycles. The van der Waals surface area contributed by atoms with Gasteiger partial charge in [0.15, 0.2) is 24.3 Å². The molecule has 178 valence electrons. The molecule has 0 spiro atoms. The number of carbonyl (C=O) groups excluding carboxylic acids is 3. The number of ketones is 2. The molecule has 34 heavy (non-hydrogen) atoms. The van der Waals surface area contributed by atoms with Crippen LogP contribution in [0, 0.1) is 11.2 Å². The number of rotatable bonds is 7. The Morgan fingerprint density at radius 1 is 1.15 bits per heavy atom. The van der Waals surface area contributed by atoms with Gasteiger partial charge in [0.25, 0.3) is 5.91 Å². The Hall–Kier alpha value is -2.64. The van der Waals surface area contributed by atoms with Crippen molar-refractivity contribution in [3.63, 3.8) is 0 Å². The van der Waals surface area contributed by atoms with Crippen molar-refractivity contribution in [1.29, 1.82) is 0 Å². The molecule has 0 radical (unpaired) electrons. The van der Waals surface area contributed by atoms with Crippen LogP contribution in [0.15, 0.2) is 36.4 Å². The van der Waals surface area contributed by atoms with E-state index in [0.29, 0.717) is 35.6 Å². The lowest BCUT2D eigenvalue weighted by molar-refractivity contribution is -0.131. The van der Waals surface area contributed by atoms with Crippen LogP contribution in [0.25, 0.3) is 0 Å². The van der Waals surface area contributed by atoms with Crippen LogP contribution >= 0.6 is 23.2 Å². The summed E-state index contributed by atoms with van der Waals surface area (Å²) in [5.74, 6) is -0.545. The number of ether oxygens (including phenoxy) is 2. The molecule has 3 fully saturated rings. The minimum absolute atomic E-state index is 0.00671. The molecule has 1 aliphatic heterocycles. The normalized spacial score (nSPS) is 26.8. The highest BCUT2D eigenvalue weighted by Crippen LogP contribution is 2.63. The van der Waals surface area contributed by atoms with Crippen molar-refractivity contribution in [2.75, 3.05) is 6.61 Å². The number of fused-ring (bicyclic) bond motifs is 2. The van der Waals surface area contributed by atoms with Crippen LogP contribution in [0.3, 0.4) is 0 Å². The van der Waals surface area contributed by atoms with E-state index >= 15 is 0 Å². The average molecular weight is 506 g/mol. The molecule has 1 unspecified atom stereocenters. The predicted molar refractivity (Wildman–Crippen MR) is 123 cm³/mol. The maximum atomic E-state index is 13.5. The second-order valence-electron chi connectivity index (χ2n) is 9.56. The topological polar surface area (TPSA) is 81.7 Å². The molecule has 4 aliphatic rings. The summed E-state index contributed by atoms with van der Waals surface area (Å²) in [4.78, 5) is 37.9. The van der Waals surface area contributed by atoms with E-state index in [2.05, 4.69) is 5.32 Å². The Balaban J connectivity index is 1.13. The van der Waals surface area contributed by atoms with Crippen LogP contribution in [0.4, 0.5) is 4.39 Å². The summed E-state index contributed by atoms with van der Waals surface area (Å²) in [6.45, 7) is -0.240. The van der Waals surface area contributed by atoms with Gasteiger partial charge in [0.1, 0.15) is 17.3 Å². The second-order valence-corrected chi connectivity index (χ2v) is 10.4. The second kappa shape index (κ2) is 8.54. The summed E-state index contributed by atoms with van der Waals surface area (Å²) in [5, 5.41) is 3.46. The van der Waals surface area contributed by atoms with Crippen LogP contribution in [-0.2, 0) is 9.59 Å². The van der Waals surface area contributed by atoms with Crippen molar-refractivity contribution in [3.8, 4) is 11.5 Å². The van der Waals surface area contributed by atoms with E-state index in [4.69, 9.17) is 32.7 Å². The third kappa shape index (κ3) is 4.39. The fourth-order valence-electron chi connectivity index (χ4n) is 5.61. The van der Waals surface area contributed by atoms with Crippen molar-refractivity contribution in [3.05, 3.63) is 57.8 Å². The van der Waals surface area contributed by atoms with E-state index in [-0.39, 0.29) is 52.2 Å². The van der Waals surface area contributed by atoms with Gasteiger partial charge < -0.3 is 14.8 Å². The van der Waals surface area contributed by atoms with Crippen LogP contribution in [0.5, 0.6) is 11.5 Å². The first-order chi connectivity index (χ1) is 16.2. The summed E-state index contributed by atoms with van der Waals surface area (Å²) >= 11 is 11.6. The highest BCUT2D eigenvalue weighted by molar-refractivity contribution is 6.31. The number of carbonyl (C=O) groups is 3. The van der Waals surface area contributed by atoms with Gasteiger partial charge in [-0.1, -0.05) is 23.2 Å². The van der Waals surface area contributed by atoms with Crippen molar-refractivity contribution in [2.45, 2.75) is 50.2 Å². The van der Waals surface area contributed by atoms with E-state index in [1.54, 1.807) is 18.2 Å². The Morgan fingerprint density at radius 2 is 1.94 bits per heavy atom.